The number of carbonyl (C=O) groups excluding carboxylic acids is 1. The van der Waals surface area contributed by atoms with Crippen molar-refractivity contribution in [2.75, 3.05) is 0 Å². The van der Waals surface area contributed by atoms with E-state index in [1.807, 2.05) is 4.83 Å². The van der Waals surface area contributed by atoms with Gasteiger partial charge in [-0.15, -0.1) is 16.2 Å². The lowest BCUT2D eigenvalue weighted by atomic mass is 10.7. The third-order valence-electron chi connectivity index (χ3n) is 1.07. The number of hydrogen-bond acceptors (Lipinski definition) is 4. The number of hydrogen-bond donors (Lipinski definition) is 3. The smallest absolute Gasteiger partial charge is 0.327 e. The van der Waals surface area contributed by atoms with E-state index in [2.05, 4.69) is 5.73 Å². The van der Waals surface area contributed by atoms with Crippen LogP contribution in [0, 0.1) is 0 Å². The van der Waals surface area contributed by atoms with Crippen molar-refractivity contribution in [3.05, 3.63) is 17.5 Å². The fraction of sp³-hybridized carbons (Fsp3) is 0. The lowest BCUT2D eigenvalue weighted by Gasteiger charge is -2.02. The molecule has 0 aliphatic carbocycles. The summed E-state index contributed by atoms with van der Waals surface area (Å²) >= 11 is 1.04. The Bertz CT molecular complexity index is 383. The summed E-state index contributed by atoms with van der Waals surface area (Å²) in [4.78, 5) is 12.0. The zero-order valence-electron chi connectivity index (χ0n) is 6.35. The van der Waals surface area contributed by atoms with Gasteiger partial charge < -0.3 is 5.73 Å². The third kappa shape index (κ3) is 2.68. The molecule has 8 heteroatoms. The van der Waals surface area contributed by atoms with E-state index in [-0.39, 0.29) is 4.21 Å². The van der Waals surface area contributed by atoms with Crippen LogP contribution in [0.15, 0.2) is 21.7 Å². The van der Waals surface area contributed by atoms with E-state index in [0.717, 1.165) is 11.3 Å². The molecule has 1 aromatic heterocycles. The van der Waals surface area contributed by atoms with Crippen molar-refractivity contribution in [2.45, 2.75) is 4.21 Å². The number of amides is 2. The fourth-order valence-electron chi connectivity index (χ4n) is 0.584. The summed E-state index contributed by atoms with van der Waals surface area (Å²) in [6.45, 7) is 0. The van der Waals surface area contributed by atoms with Crippen molar-refractivity contribution in [1.29, 1.82) is 0 Å². The third-order valence-corrected chi connectivity index (χ3v) is 3.71. The highest BCUT2D eigenvalue weighted by Crippen LogP contribution is 2.14. The first-order valence-corrected chi connectivity index (χ1v) is 5.49. The predicted molar refractivity (Wildman–Crippen MR) is 47.4 cm³/mol. The van der Waals surface area contributed by atoms with Crippen molar-refractivity contribution in [3.8, 4) is 0 Å². The number of thiophene rings is 1. The van der Waals surface area contributed by atoms with Gasteiger partial charge in [0.2, 0.25) is 0 Å². The first-order chi connectivity index (χ1) is 6.02. The maximum absolute atomic E-state index is 11.2. The highest BCUT2D eigenvalue weighted by Gasteiger charge is 2.14. The average Bonchev–Trinajstić information content (AvgIpc) is 2.53. The SMILES string of the molecule is NC(=O)NNS(=O)(=O)c1cccs1. The highest BCUT2D eigenvalue weighted by molar-refractivity contribution is 7.91. The van der Waals surface area contributed by atoms with Crippen molar-refractivity contribution >= 4 is 27.4 Å². The van der Waals surface area contributed by atoms with Crippen LogP contribution in [0.1, 0.15) is 0 Å². The first kappa shape index (κ1) is 9.96. The van der Waals surface area contributed by atoms with Gasteiger partial charge in [-0.1, -0.05) is 6.07 Å². The molecule has 1 rings (SSSR count). The van der Waals surface area contributed by atoms with Gasteiger partial charge in [0.15, 0.2) is 0 Å². The number of carbonyl (C=O) groups is 1. The molecule has 0 atom stereocenters. The molecule has 2 amide bonds. The largest absolute Gasteiger partial charge is 0.351 e. The molecule has 0 aliphatic heterocycles. The van der Waals surface area contributed by atoms with Crippen LogP contribution in [-0.4, -0.2) is 14.4 Å². The normalized spacial score (nSPS) is 11.1. The Kier molecular flexibility index (Phi) is 2.86. The second kappa shape index (κ2) is 3.73. The highest BCUT2D eigenvalue weighted by atomic mass is 32.2. The molecule has 6 nitrogen and oxygen atoms in total. The summed E-state index contributed by atoms with van der Waals surface area (Å²) in [5.74, 6) is 0. The summed E-state index contributed by atoms with van der Waals surface area (Å²) in [7, 11) is -3.66. The Morgan fingerprint density at radius 2 is 2.23 bits per heavy atom. The average molecular weight is 221 g/mol. The molecule has 13 heavy (non-hydrogen) atoms. The zero-order valence-corrected chi connectivity index (χ0v) is 7.98. The van der Waals surface area contributed by atoms with Crippen molar-refractivity contribution in [3.63, 3.8) is 0 Å². The summed E-state index contributed by atoms with van der Waals surface area (Å²) in [5, 5.41) is 1.61. The Hall–Kier alpha value is -1.12. The minimum Gasteiger partial charge on any atom is -0.351 e. The fourth-order valence-corrected chi connectivity index (χ4v) is 2.42. The Balaban J connectivity index is 2.74. The van der Waals surface area contributed by atoms with Gasteiger partial charge in [0.05, 0.1) is 0 Å². The summed E-state index contributed by atoms with van der Waals surface area (Å²) in [6, 6.07) is 2.04. The molecule has 0 spiro atoms. The quantitative estimate of drug-likeness (QED) is 0.606. The molecule has 1 heterocycles. The van der Waals surface area contributed by atoms with Crippen LogP contribution < -0.4 is 16.0 Å². The molecule has 4 N–H and O–H groups in total. The zero-order chi connectivity index (χ0) is 9.90. The Morgan fingerprint density at radius 1 is 1.54 bits per heavy atom. The molecule has 72 valence electrons. The number of primary amides is 1. The minimum atomic E-state index is -3.66. The molecule has 0 aliphatic rings. The van der Waals surface area contributed by atoms with Gasteiger partial charge in [-0.05, 0) is 11.4 Å². The number of nitrogens with two attached hydrogens (primary N) is 1. The molecule has 0 saturated carbocycles. The summed E-state index contributed by atoms with van der Waals surface area (Å²) in [5.41, 5.74) is 6.46. The molecular weight excluding hydrogens is 214 g/mol. The van der Waals surface area contributed by atoms with E-state index in [1.165, 1.54) is 6.07 Å². The second-order valence-electron chi connectivity index (χ2n) is 2.03. The number of sulfonamides is 1. The predicted octanol–water partition coefficient (Wildman–Crippen LogP) is -0.390. The van der Waals surface area contributed by atoms with Gasteiger partial charge in [-0.25, -0.2) is 13.2 Å². The van der Waals surface area contributed by atoms with Crippen LogP contribution in [0.3, 0.4) is 0 Å². The Labute approximate surface area is 78.8 Å². The second-order valence-corrected chi connectivity index (χ2v) is 4.88. The topological polar surface area (TPSA) is 101 Å². The summed E-state index contributed by atoms with van der Waals surface area (Å²) < 4.78 is 22.6. The van der Waals surface area contributed by atoms with Gasteiger partial charge in [0, 0.05) is 0 Å². The van der Waals surface area contributed by atoms with E-state index in [0.29, 0.717) is 0 Å². The molecule has 0 radical (unpaired) electrons. The van der Waals surface area contributed by atoms with Crippen molar-refractivity contribution < 1.29 is 13.2 Å². The van der Waals surface area contributed by atoms with Crippen molar-refractivity contribution in [1.82, 2.24) is 10.3 Å². The van der Waals surface area contributed by atoms with Crippen LogP contribution >= 0.6 is 11.3 Å². The van der Waals surface area contributed by atoms with E-state index in [1.54, 1.807) is 16.9 Å². The lowest BCUT2D eigenvalue weighted by molar-refractivity contribution is 0.247. The Morgan fingerprint density at radius 3 is 2.69 bits per heavy atom. The van der Waals surface area contributed by atoms with Gasteiger partial charge in [-0.2, -0.15) is 0 Å². The monoisotopic (exact) mass is 221 g/mol. The van der Waals surface area contributed by atoms with Crippen LogP contribution in [0.5, 0.6) is 0 Å². The number of urea groups is 1. The molecule has 0 aromatic carbocycles. The molecule has 0 bridgehead atoms. The maximum atomic E-state index is 11.2. The van der Waals surface area contributed by atoms with E-state index in [4.69, 9.17) is 0 Å². The van der Waals surface area contributed by atoms with Crippen LogP contribution in [-0.2, 0) is 10.0 Å². The van der Waals surface area contributed by atoms with E-state index >= 15 is 0 Å². The summed E-state index contributed by atoms with van der Waals surface area (Å²) in [6.07, 6.45) is 0. The molecular formula is C5H7N3O3S2. The number of nitrogens with one attached hydrogen (secondary N) is 2. The number of hydrazine groups is 1. The molecule has 0 unspecified atom stereocenters. The molecule has 0 saturated heterocycles. The minimum absolute atomic E-state index is 0.112. The van der Waals surface area contributed by atoms with Crippen molar-refractivity contribution in [2.24, 2.45) is 5.73 Å². The van der Waals surface area contributed by atoms with Gasteiger partial charge >= 0.3 is 6.03 Å². The number of rotatable bonds is 3. The molecule has 0 fully saturated rings. The molecule has 1 aromatic rings. The standard InChI is InChI=1S/C5H7N3O3S2/c6-5(9)7-8-13(10,11)4-2-1-3-12-4/h1-3,8H,(H3,6,7,9). The van der Waals surface area contributed by atoms with Crippen LogP contribution in [0.2, 0.25) is 0 Å². The van der Waals surface area contributed by atoms with Gasteiger partial charge in [-0.3, -0.25) is 5.43 Å². The first-order valence-electron chi connectivity index (χ1n) is 3.13. The maximum Gasteiger partial charge on any atom is 0.327 e. The van der Waals surface area contributed by atoms with Crippen LogP contribution in [0.25, 0.3) is 0 Å². The van der Waals surface area contributed by atoms with E-state index in [9.17, 15) is 13.2 Å². The van der Waals surface area contributed by atoms with Gasteiger partial charge in [0.25, 0.3) is 10.0 Å². The van der Waals surface area contributed by atoms with Crippen LogP contribution in [0.4, 0.5) is 4.79 Å². The van der Waals surface area contributed by atoms with Gasteiger partial charge in [0.1, 0.15) is 4.21 Å². The van der Waals surface area contributed by atoms with E-state index < -0.39 is 16.1 Å². The lowest BCUT2D eigenvalue weighted by Crippen LogP contribution is -2.44.